The van der Waals surface area contributed by atoms with Crippen molar-refractivity contribution in [1.29, 1.82) is 0 Å². The molecular formula is C15H22N2O3. The van der Waals surface area contributed by atoms with Crippen molar-refractivity contribution in [2.24, 2.45) is 11.7 Å². The van der Waals surface area contributed by atoms with Gasteiger partial charge in [0.2, 0.25) is 11.8 Å². The molecule has 0 aliphatic rings. The number of amides is 2. The monoisotopic (exact) mass is 278 g/mol. The molecule has 0 aromatic heterocycles. The molecule has 2 amide bonds. The summed E-state index contributed by atoms with van der Waals surface area (Å²) in [6, 6.07) is 6.63. The number of hydrogen-bond acceptors (Lipinski definition) is 3. The van der Waals surface area contributed by atoms with Crippen molar-refractivity contribution in [3.05, 3.63) is 29.8 Å². The molecule has 1 rings (SSSR count). The Bertz CT molecular complexity index is 472. The van der Waals surface area contributed by atoms with E-state index in [0.29, 0.717) is 18.6 Å². The van der Waals surface area contributed by atoms with Crippen molar-refractivity contribution in [2.45, 2.75) is 32.7 Å². The Morgan fingerprint density at radius 3 is 2.50 bits per heavy atom. The molecule has 5 nitrogen and oxygen atoms in total. The molecule has 110 valence electrons. The van der Waals surface area contributed by atoms with Crippen molar-refractivity contribution in [3.63, 3.8) is 0 Å². The standard InChI is InChI=1S/C15H22N2O3/c1-10(2)8-14(18)17-12(15(16)19)9-11-6-4-5-7-13(11)20-3/h4-7,10,12H,8-9H2,1-3H3,(H2,16,19)(H,17,18)/t12-/m1/s1. The fraction of sp³-hybridized carbons (Fsp3) is 0.467. The minimum atomic E-state index is -0.724. The van der Waals surface area contributed by atoms with Crippen LogP contribution >= 0.6 is 0 Å². The van der Waals surface area contributed by atoms with E-state index in [1.54, 1.807) is 7.11 Å². The number of nitrogens with one attached hydrogen (secondary N) is 1. The molecule has 0 aliphatic heterocycles. The van der Waals surface area contributed by atoms with Gasteiger partial charge in [0.15, 0.2) is 0 Å². The smallest absolute Gasteiger partial charge is 0.240 e. The zero-order valence-electron chi connectivity index (χ0n) is 12.2. The molecular weight excluding hydrogens is 256 g/mol. The van der Waals surface area contributed by atoms with E-state index in [0.717, 1.165) is 5.56 Å². The lowest BCUT2D eigenvalue weighted by molar-refractivity contribution is -0.127. The second kappa shape index (κ2) is 7.53. The highest BCUT2D eigenvalue weighted by Crippen LogP contribution is 2.19. The molecule has 0 fully saturated rings. The van der Waals surface area contributed by atoms with Crippen molar-refractivity contribution >= 4 is 11.8 Å². The van der Waals surface area contributed by atoms with Crippen LogP contribution in [0.2, 0.25) is 0 Å². The van der Waals surface area contributed by atoms with Gasteiger partial charge in [-0.05, 0) is 17.5 Å². The largest absolute Gasteiger partial charge is 0.496 e. The Hall–Kier alpha value is -2.04. The summed E-state index contributed by atoms with van der Waals surface area (Å²) in [7, 11) is 1.56. The molecule has 0 spiro atoms. The number of carbonyl (C=O) groups excluding carboxylic acids is 2. The van der Waals surface area contributed by atoms with Gasteiger partial charge in [-0.1, -0.05) is 32.0 Å². The molecule has 1 atom stereocenters. The minimum absolute atomic E-state index is 0.168. The van der Waals surface area contributed by atoms with Crippen LogP contribution in [0.5, 0.6) is 5.75 Å². The quantitative estimate of drug-likeness (QED) is 0.787. The van der Waals surface area contributed by atoms with Crippen LogP contribution in [0.15, 0.2) is 24.3 Å². The molecule has 1 aromatic carbocycles. The third-order valence-corrected chi connectivity index (χ3v) is 2.89. The van der Waals surface area contributed by atoms with E-state index in [1.807, 2.05) is 38.1 Å². The molecule has 0 saturated heterocycles. The zero-order chi connectivity index (χ0) is 15.1. The van der Waals surface area contributed by atoms with Crippen LogP contribution in [-0.4, -0.2) is 25.0 Å². The molecule has 3 N–H and O–H groups in total. The molecule has 0 heterocycles. The lowest BCUT2D eigenvalue weighted by Gasteiger charge is -2.17. The Morgan fingerprint density at radius 1 is 1.30 bits per heavy atom. The first-order valence-electron chi connectivity index (χ1n) is 6.64. The summed E-state index contributed by atoms with van der Waals surface area (Å²) in [6.45, 7) is 3.89. The summed E-state index contributed by atoms with van der Waals surface area (Å²) in [5.74, 6) is 0.193. The van der Waals surface area contributed by atoms with E-state index < -0.39 is 11.9 Å². The van der Waals surface area contributed by atoms with Gasteiger partial charge in [-0.15, -0.1) is 0 Å². The Kier molecular flexibility index (Phi) is 6.03. The van der Waals surface area contributed by atoms with Gasteiger partial charge in [-0.3, -0.25) is 9.59 Å². The van der Waals surface area contributed by atoms with Gasteiger partial charge in [-0.25, -0.2) is 0 Å². The van der Waals surface area contributed by atoms with Crippen molar-refractivity contribution in [1.82, 2.24) is 5.32 Å². The summed E-state index contributed by atoms with van der Waals surface area (Å²) in [5.41, 5.74) is 6.20. The van der Waals surface area contributed by atoms with Crippen LogP contribution in [0.25, 0.3) is 0 Å². The molecule has 0 unspecified atom stereocenters. The van der Waals surface area contributed by atoms with Crippen LogP contribution in [0.4, 0.5) is 0 Å². The molecule has 0 bridgehead atoms. The average molecular weight is 278 g/mol. The summed E-state index contributed by atoms with van der Waals surface area (Å²) < 4.78 is 5.23. The second-order valence-electron chi connectivity index (χ2n) is 5.14. The van der Waals surface area contributed by atoms with Gasteiger partial charge in [0.05, 0.1) is 7.11 Å². The van der Waals surface area contributed by atoms with Crippen LogP contribution < -0.4 is 15.8 Å². The van der Waals surface area contributed by atoms with Crippen LogP contribution in [0, 0.1) is 5.92 Å². The zero-order valence-corrected chi connectivity index (χ0v) is 12.2. The number of nitrogens with two attached hydrogens (primary N) is 1. The van der Waals surface area contributed by atoms with Gasteiger partial charge in [0.25, 0.3) is 0 Å². The fourth-order valence-corrected chi connectivity index (χ4v) is 1.94. The number of para-hydroxylation sites is 1. The van der Waals surface area contributed by atoms with Crippen LogP contribution in [0.1, 0.15) is 25.8 Å². The molecule has 1 aromatic rings. The first-order chi connectivity index (χ1) is 9.43. The summed E-state index contributed by atoms with van der Waals surface area (Å²) in [6.07, 6.45) is 0.693. The molecule has 0 aliphatic carbocycles. The van der Waals surface area contributed by atoms with E-state index in [4.69, 9.17) is 10.5 Å². The van der Waals surface area contributed by atoms with Gasteiger partial charge >= 0.3 is 0 Å². The Labute approximate surface area is 119 Å². The number of hydrogen-bond donors (Lipinski definition) is 2. The maximum atomic E-state index is 11.8. The highest BCUT2D eigenvalue weighted by molar-refractivity contribution is 5.86. The molecule has 0 radical (unpaired) electrons. The summed E-state index contributed by atoms with van der Waals surface area (Å²) >= 11 is 0. The highest BCUT2D eigenvalue weighted by atomic mass is 16.5. The van der Waals surface area contributed by atoms with Crippen molar-refractivity contribution < 1.29 is 14.3 Å². The van der Waals surface area contributed by atoms with Gasteiger partial charge in [-0.2, -0.15) is 0 Å². The van der Waals surface area contributed by atoms with Crippen LogP contribution in [-0.2, 0) is 16.0 Å². The lowest BCUT2D eigenvalue weighted by atomic mass is 10.0. The van der Waals surface area contributed by atoms with E-state index in [9.17, 15) is 9.59 Å². The predicted octanol–water partition coefficient (Wildman–Crippen LogP) is 1.25. The van der Waals surface area contributed by atoms with E-state index in [-0.39, 0.29) is 11.8 Å². The number of ether oxygens (including phenoxy) is 1. The first-order valence-corrected chi connectivity index (χ1v) is 6.64. The SMILES string of the molecule is COc1ccccc1C[C@@H](NC(=O)CC(C)C)C(N)=O. The average Bonchev–Trinajstić information content (AvgIpc) is 2.37. The van der Waals surface area contributed by atoms with Crippen molar-refractivity contribution in [3.8, 4) is 5.75 Å². The first kappa shape index (κ1) is 16.0. The number of carbonyl (C=O) groups is 2. The molecule has 5 heteroatoms. The topological polar surface area (TPSA) is 81.4 Å². The lowest BCUT2D eigenvalue weighted by Crippen LogP contribution is -2.46. The van der Waals surface area contributed by atoms with Gasteiger partial charge in [0.1, 0.15) is 11.8 Å². The normalized spacial score (nSPS) is 12.0. The van der Waals surface area contributed by atoms with E-state index in [1.165, 1.54) is 0 Å². The third-order valence-electron chi connectivity index (χ3n) is 2.89. The molecule has 20 heavy (non-hydrogen) atoms. The van der Waals surface area contributed by atoms with Gasteiger partial charge < -0.3 is 15.8 Å². The summed E-state index contributed by atoms with van der Waals surface area (Å²) in [4.78, 5) is 23.3. The Morgan fingerprint density at radius 2 is 1.95 bits per heavy atom. The highest BCUT2D eigenvalue weighted by Gasteiger charge is 2.20. The van der Waals surface area contributed by atoms with E-state index in [2.05, 4.69) is 5.32 Å². The number of methoxy groups -OCH3 is 1. The second-order valence-corrected chi connectivity index (χ2v) is 5.14. The third kappa shape index (κ3) is 4.91. The summed E-state index contributed by atoms with van der Waals surface area (Å²) in [5, 5.41) is 2.68. The minimum Gasteiger partial charge on any atom is -0.496 e. The number of benzene rings is 1. The predicted molar refractivity (Wildman–Crippen MR) is 77.3 cm³/mol. The maximum Gasteiger partial charge on any atom is 0.240 e. The van der Waals surface area contributed by atoms with E-state index >= 15 is 0 Å². The fourth-order valence-electron chi connectivity index (χ4n) is 1.94. The number of primary amides is 1. The number of rotatable bonds is 7. The van der Waals surface area contributed by atoms with Crippen LogP contribution in [0.3, 0.4) is 0 Å². The van der Waals surface area contributed by atoms with Gasteiger partial charge in [0, 0.05) is 12.8 Å². The maximum absolute atomic E-state index is 11.8. The van der Waals surface area contributed by atoms with Crippen molar-refractivity contribution in [2.75, 3.05) is 7.11 Å². The Balaban J connectivity index is 2.77. The molecule has 0 saturated carbocycles.